The third-order valence-corrected chi connectivity index (χ3v) is 5.62. The van der Waals surface area contributed by atoms with Crippen LogP contribution in [0, 0.1) is 11.8 Å². The van der Waals surface area contributed by atoms with Gasteiger partial charge in [0.2, 0.25) is 0 Å². The predicted molar refractivity (Wildman–Crippen MR) is 88.2 cm³/mol. The number of hydrogen-bond donors (Lipinski definition) is 1. The molecular formula is C17H31ClN2. The van der Waals surface area contributed by atoms with Crippen LogP contribution in [0.4, 0.5) is 0 Å². The average Bonchev–Trinajstić information content (AvgIpc) is 2.52. The van der Waals surface area contributed by atoms with Crippen molar-refractivity contribution >= 4 is 11.6 Å². The molecule has 0 aromatic heterocycles. The van der Waals surface area contributed by atoms with Crippen LogP contribution < -0.4 is 5.32 Å². The van der Waals surface area contributed by atoms with Crippen LogP contribution in [0.2, 0.25) is 0 Å². The van der Waals surface area contributed by atoms with E-state index in [-0.39, 0.29) is 0 Å². The first-order valence-corrected chi connectivity index (χ1v) is 8.92. The van der Waals surface area contributed by atoms with Crippen molar-refractivity contribution in [3.05, 3.63) is 11.6 Å². The summed E-state index contributed by atoms with van der Waals surface area (Å²) < 4.78 is 0. The van der Waals surface area contributed by atoms with Gasteiger partial charge in [-0.05, 0) is 24.7 Å². The summed E-state index contributed by atoms with van der Waals surface area (Å²) in [4.78, 5) is 2.66. The van der Waals surface area contributed by atoms with Gasteiger partial charge in [-0.3, -0.25) is 4.90 Å². The average molecular weight is 299 g/mol. The lowest BCUT2D eigenvalue weighted by atomic mass is 9.82. The predicted octanol–water partition coefficient (Wildman–Crippen LogP) is 4.01. The van der Waals surface area contributed by atoms with Gasteiger partial charge in [-0.1, -0.05) is 57.2 Å². The molecule has 0 bridgehead atoms. The molecule has 0 radical (unpaired) electrons. The second kappa shape index (κ2) is 8.41. The first-order chi connectivity index (χ1) is 9.76. The van der Waals surface area contributed by atoms with Gasteiger partial charge >= 0.3 is 0 Å². The molecule has 1 aliphatic heterocycles. The standard InChI is InChI=1S/C17H31ClN2/c1-3-14(2)17-12-19-16(13-20(17)11-7-10-18)15-8-5-4-6-9-15/h7,10,14-17,19H,3-6,8-9,11-13H2,1-2H3/b10-7+. The van der Waals surface area contributed by atoms with E-state index in [9.17, 15) is 0 Å². The molecular weight excluding hydrogens is 268 g/mol. The zero-order valence-electron chi connectivity index (χ0n) is 13.2. The highest BCUT2D eigenvalue weighted by molar-refractivity contribution is 6.25. The third kappa shape index (κ3) is 4.22. The molecule has 1 saturated heterocycles. The van der Waals surface area contributed by atoms with Gasteiger partial charge in [0.25, 0.3) is 0 Å². The fraction of sp³-hybridized carbons (Fsp3) is 0.882. The normalized spacial score (nSPS) is 31.8. The van der Waals surface area contributed by atoms with Crippen LogP contribution in [0.3, 0.4) is 0 Å². The van der Waals surface area contributed by atoms with E-state index in [0.29, 0.717) is 12.1 Å². The maximum atomic E-state index is 5.74. The summed E-state index contributed by atoms with van der Waals surface area (Å²) in [5, 5.41) is 3.86. The molecule has 116 valence electrons. The van der Waals surface area contributed by atoms with E-state index >= 15 is 0 Å². The maximum absolute atomic E-state index is 5.74. The molecule has 1 aliphatic carbocycles. The molecule has 1 N–H and O–H groups in total. The Morgan fingerprint density at radius 1 is 1.30 bits per heavy atom. The lowest BCUT2D eigenvalue weighted by molar-refractivity contribution is 0.0768. The van der Waals surface area contributed by atoms with Crippen LogP contribution in [0.25, 0.3) is 0 Å². The third-order valence-electron chi connectivity index (χ3n) is 5.44. The van der Waals surface area contributed by atoms with Crippen LogP contribution in [0.15, 0.2) is 11.6 Å². The summed E-state index contributed by atoms with van der Waals surface area (Å²) in [6.07, 6.45) is 10.5. The van der Waals surface area contributed by atoms with Crippen molar-refractivity contribution in [3.8, 4) is 0 Å². The van der Waals surface area contributed by atoms with Crippen molar-refractivity contribution in [2.75, 3.05) is 19.6 Å². The molecule has 0 aromatic rings. The number of nitrogens with one attached hydrogen (secondary N) is 1. The zero-order valence-corrected chi connectivity index (χ0v) is 13.9. The summed E-state index contributed by atoms with van der Waals surface area (Å²) in [6.45, 7) is 8.02. The van der Waals surface area contributed by atoms with Crippen LogP contribution in [-0.2, 0) is 0 Å². The summed E-state index contributed by atoms with van der Waals surface area (Å²) in [6, 6.07) is 1.35. The fourth-order valence-corrected chi connectivity index (χ4v) is 4.00. The van der Waals surface area contributed by atoms with Gasteiger partial charge in [-0.2, -0.15) is 0 Å². The second-order valence-electron chi connectivity index (χ2n) is 6.68. The quantitative estimate of drug-likeness (QED) is 0.825. The number of halogens is 1. The van der Waals surface area contributed by atoms with Gasteiger partial charge in [0, 0.05) is 37.3 Å². The Bertz CT molecular complexity index is 299. The largest absolute Gasteiger partial charge is 0.311 e. The summed E-state index contributed by atoms with van der Waals surface area (Å²) in [5.41, 5.74) is 1.67. The number of piperazine rings is 1. The van der Waals surface area contributed by atoms with Crippen LogP contribution in [0.5, 0.6) is 0 Å². The molecule has 2 rings (SSSR count). The molecule has 0 spiro atoms. The smallest absolute Gasteiger partial charge is 0.0250 e. The Morgan fingerprint density at radius 3 is 2.70 bits per heavy atom. The van der Waals surface area contributed by atoms with E-state index < -0.39 is 0 Å². The second-order valence-corrected chi connectivity index (χ2v) is 6.93. The lowest BCUT2D eigenvalue weighted by Crippen LogP contribution is -2.60. The van der Waals surface area contributed by atoms with Gasteiger partial charge in [0.05, 0.1) is 0 Å². The minimum Gasteiger partial charge on any atom is -0.311 e. The zero-order chi connectivity index (χ0) is 14.4. The van der Waals surface area contributed by atoms with Gasteiger partial charge in [0.1, 0.15) is 0 Å². The molecule has 2 aliphatic rings. The molecule has 0 amide bonds. The van der Waals surface area contributed by atoms with Crippen molar-refractivity contribution in [1.29, 1.82) is 0 Å². The Balaban J connectivity index is 1.96. The molecule has 20 heavy (non-hydrogen) atoms. The van der Waals surface area contributed by atoms with Gasteiger partial charge in [-0.15, -0.1) is 0 Å². The van der Waals surface area contributed by atoms with Crippen LogP contribution >= 0.6 is 11.6 Å². The van der Waals surface area contributed by atoms with E-state index in [0.717, 1.165) is 24.9 Å². The molecule has 3 unspecified atom stereocenters. The molecule has 1 saturated carbocycles. The number of hydrogen-bond acceptors (Lipinski definition) is 2. The van der Waals surface area contributed by atoms with E-state index in [4.69, 9.17) is 11.6 Å². The van der Waals surface area contributed by atoms with Crippen molar-refractivity contribution in [3.63, 3.8) is 0 Å². The highest BCUT2D eigenvalue weighted by atomic mass is 35.5. The summed E-state index contributed by atoms with van der Waals surface area (Å²) in [5.74, 6) is 1.64. The summed E-state index contributed by atoms with van der Waals surface area (Å²) in [7, 11) is 0. The van der Waals surface area contributed by atoms with Crippen molar-refractivity contribution in [1.82, 2.24) is 10.2 Å². The maximum Gasteiger partial charge on any atom is 0.0250 e. The topological polar surface area (TPSA) is 15.3 Å². The Hall–Kier alpha value is -0.0500. The first-order valence-electron chi connectivity index (χ1n) is 8.49. The van der Waals surface area contributed by atoms with Crippen LogP contribution in [0.1, 0.15) is 52.4 Å². The molecule has 3 atom stereocenters. The van der Waals surface area contributed by atoms with Crippen LogP contribution in [-0.4, -0.2) is 36.6 Å². The number of rotatable bonds is 5. The number of nitrogens with zero attached hydrogens (tertiary/aromatic N) is 1. The molecule has 3 heteroatoms. The SMILES string of the molecule is CCC(C)C1CNC(C2CCCCC2)CN1C/C=C/Cl. The highest BCUT2D eigenvalue weighted by Gasteiger charge is 2.33. The van der Waals surface area contributed by atoms with E-state index in [1.54, 1.807) is 5.54 Å². The Kier molecular flexibility index (Phi) is 6.86. The van der Waals surface area contributed by atoms with Gasteiger partial charge < -0.3 is 5.32 Å². The van der Waals surface area contributed by atoms with Gasteiger partial charge in [-0.25, -0.2) is 0 Å². The molecule has 0 aromatic carbocycles. The monoisotopic (exact) mass is 298 g/mol. The Morgan fingerprint density at radius 2 is 2.05 bits per heavy atom. The lowest BCUT2D eigenvalue weighted by Gasteiger charge is -2.45. The Labute approximate surface area is 129 Å². The first kappa shape index (κ1) is 16.3. The van der Waals surface area contributed by atoms with Gasteiger partial charge in [0.15, 0.2) is 0 Å². The van der Waals surface area contributed by atoms with Crippen molar-refractivity contribution in [2.24, 2.45) is 11.8 Å². The molecule has 1 heterocycles. The van der Waals surface area contributed by atoms with E-state index in [1.807, 2.05) is 0 Å². The highest BCUT2D eigenvalue weighted by Crippen LogP contribution is 2.29. The minimum absolute atomic E-state index is 0.660. The molecule has 2 fully saturated rings. The van der Waals surface area contributed by atoms with Crippen molar-refractivity contribution in [2.45, 2.75) is 64.5 Å². The minimum atomic E-state index is 0.660. The van der Waals surface area contributed by atoms with E-state index in [2.05, 4.69) is 30.1 Å². The van der Waals surface area contributed by atoms with E-state index in [1.165, 1.54) is 45.1 Å². The fourth-order valence-electron chi connectivity index (χ4n) is 3.92. The van der Waals surface area contributed by atoms with Crippen molar-refractivity contribution < 1.29 is 0 Å². The summed E-state index contributed by atoms with van der Waals surface area (Å²) >= 11 is 5.74. The molecule has 2 nitrogen and oxygen atoms in total.